The van der Waals surface area contributed by atoms with Crippen molar-refractivity contribution in [1.29, 1.82) is 0 Å². The second-order valence-corrected chi connectivity index (χ2v) is 8.40. The molecular weight excluding hydrogens is 443 g/mol. The van der Waals surface area contributed by atoms with Crippen LogP contribution in [-0.4, -0.2) is 29.8 Å². The maximum Gasteiger partial charge on any atom is 0.242 e. The van der Waals surface area contributed by atoms with Gasteiger partial charge in [-0.25, -0.2) is 0 Å². The lowest BCUT2D eigenvalue weighted by Gasteiger charge is -2.30. The Hall–Kier alpha value is -2.82. The van der Waals surface area contributed by atoms with Gasteiger partial charge in [-0.3, -0.25) is 9.59 Å². The molecule has 166 valence electrons. The van der Waals surface area contributed by atoms with Crippen molar-refractivity contribution < 1.29 is 9.59 Å². The molecule has 1 N–H and O–H groups in total. The molecule has 3 rings (SSSR count). The first kappa shape index (κ1) is 23.8. The van der Waals surface area contributed by atoms with Gasteiger partial charge in [0.15, 0.2) is 0 Å². The molecule has 1 atom stereocenters. The summed E-state index contributed by atoms with van der Waals surface area (Å²) in [5.74, 6) is -0.557. The zero-order valence-electron chi connectivity index (χ0n) is 18.1. The Morgan fingerprint density at radius 1 is 0.844 bits per heavy atom. The van der Waals surface area contributed by atoms with E-state index in [-0.39, 0.29) is 30.7 Å². The topological polar surface area (TPSA) is 49.4 Å². The third-order valence-electron chi connectivity index (χ3n) is 5.59. The van der Waals surface area contributed by atoms with Gasteiger partial charge in [0.2, 0.25) is 11.8 Å². The molecule has 0 aliphatic rings. The highest BCUT2D eigenvalue weighted by molar-refractivity contribution is 6.36. The predicted molar refractivity (Wildman–Crippen MR) is 130 cm³/mol. The Balaban J connectivity index is 1.96. The van der Waals surface area contributed by atoms with Crippen molar-refractivity contribution in [3.05, 3.63) is 106 Å². The van der Waals surface area contributed by atoms with E-state index in [4.69, 9.17) is 23.2 Å². The first-order valence-corrected chi connectivity index (χ1v) is 11.2. The number of rotatable bonds is 8. The van der Waals surface area contributed by atoms with E-state index in [2.05, 4.69) is 5.32 Å². The fraction of sp³-hybridized carbons (Fsp3) is 0.231. The Bertz CT molecular complexity index is 998. The van der Waals surface area contributed by atoms with E-state index in [0.717, 1.165) is 11.1 Å². The summed E-state index contributed by atoms with van der Waals surface area (Å²) in [5.41, 5.74) is 2.70. The van der Waals surface area contributed by atoms with E-state index in [9.17, 15) is 9.59 Å². The normalized spacial score (nSPS) is 11.8. The molecule has 0 aromatic heterocycles. The van der Waals surface area contributed by atoms with Gasteiger partial charge in [-0.15, -0.1) is 0 Å². The van der Waals surface area contributed by atoms with Crippen molar-refractivity contribution in [2.45, 2.75) is 31.8 Å². The minimum Gasteiger partial charge on any atom is -0.357 e. The molecule has 3 aromatic rings. The smallest absolute Gasteiger partial charge is 0.242 e. The summed E-state index contributed by atoms with van der Waals surface area (Å²) >= 11 is 12.7. The number of hydrogen-bond acceptors (Lipinski definition) is 2. The second kappa shape index (κ2) is 11.2. The molecule has 0 radical (unpaired) electrons. The van der Waals surface area contributed by atoms with E-state index >= 15 is 0 Å². The highest BCUT2D eigenvalue weighted by Crippen LogP contribution is 2.31. The molecule has 0 saturated heterocycles. The zero-order chi connectivity index (χ0) is 23.1. The highest BCUT2D eigenvalue weighted by Gasteiger charge is 2.29. The summed E-state index contributed by atoms with van der Waals surface area (Å²) < 4.78 is 0. The van der Waals surface area contributed by atoms with Crippen molar-refractivity contribution in [1.82, 2.24) is 10.2 Å². The number of halogens is 2. The van der Waals surface area contributed by atoms with Gasteiger partial charge in [0.05, 0.1) is 0 Å². The molecule has 0 bridgehead atoms. The number of amides is 2. The molecule has 0 aliphatic carbocycles. The minimum atomic E-state index is -0.688. The van der Waals surface area contributed by atoms with E-state index in [1.165, 1.54) is 0 Å². The van der Waals surface area contributed by atoms with Gasteiger partial charge in [-0.05, 0) is 30.2 Å². The molecule has 0 fully saturated rings. The number of hydrogen-bond donors (Lipinski definition) is 1. The van der Waals surface area contributed by atoms with Gasteiger partial charge in [0.25, 0.3) is 0 Å². The lowest BCUT2D eigenvalue weighted by atomic mass is 9.88. The van der Waals surface area contributed by atoms with Crippen LogP contribution < -0.4 is 5.32 Å². The fourth-order valence-corrected chi connectivity index (χ4v) is 4.25. The maximum absolute atomic E-state index is 13.6. The third kappa shape index (κ3) is 5.70. The average molecular weight is 469 g/mol. The molecule has 2 amide bonds. The molecule has 6 heteroatoms. The van der Waals surface area contributed by atoms with Crippen LogP contribution in [0.2, 0.25) is 10.0 Å². The van der Waals surface area contributed by atoms with Gasteiger partial charge in [0.1, 0.15) is 6.04 Å². The quantitative estimate of drug-likeness (QED) is 0.462. The number of nitrogens with one attached hydrogen (secondary N) is 1. The van der Waals surface area contributed by atoms with Crippen molar-refractivity contribution in [3.63, 3.8) is 0 Å². The molecule has 0 saturated carbocycles. The van der Waals surface area contributed by atoms with Crippen molar-refractivity contribution >= 4 is 35.0 Å². The number of likely N-dealkylation sites (N-methyl/N-ethyl adjacent to an activating group) is 1. The van der Waals surface area contributed by atoms with Crippen molar-refractivity contribution in [2.24, 2.45) is 0 Å². The molecule has 32 heavy (non-hydrogen) atoms. The van der Waals surface area contributed by atoms with Gasteiger partial charge in [-0.1, -0.05) is 89.9 Å². The number of carbonyl (C=O) groups is 2. The van der Waals surface area contributed by atoms with E-state index in [1.54, 1.807) is 37.1 Å². The van der Waals surface area contributed by atoms with Gasteiger partial charge < -0.3 is 10.2 Å². The molecular formula is C26H26Cl2N2O2. The van der Waals surface area contributed by atoms with Crippen molar-refractivity contribution in [2.75, 3.05) is 7.05 Å². The van der Waals surface area contributed by atoms with Gasteiger partial charge >= 0.3 is 0 Å². The maximum atomic E-state index is 13.6. The number of benzene rings is 3. The van der Waals surface area contributed by atoms with Crippen LogP contribution in [0, 0.1) is 0 Å². The second-order valence-electron chi connectivity index (χ2n) is 7.59. The van der Waals surface area contributed by atoms with Crippen molar-refractivity contribution in [3.8, 4) is 0 Å². The summed E-state index contributed by atoms with van der Waals surface area (Å²) in [6.45, 7) is 1.85. The Morgan fingerprint density at radius 3 is 1.81 bits per heavy atom. The van der Waals surface area contributed by atoms with Crippen LogP contribution in [0.25, 0.3) is 0 Å². The fourth-order valence-electron chi connectivity index (χ4n) is 3.74. The van der Waals surface area contributed by atoms with E-state index in [0.29, 0.717) is 15.6 Å². The zero-order valence-corrected chi connectivity index (χ0v) is 19.6. The van der Waals surface area contributed by atoms with Gasteiger partial charge in [0, 0.05) is 41.5 Å². The largest absolute Gasteiger partial charge is 0.357 e. The van der Waals surface area contributed by atoms with E-state index in [1.807, 2.05) is 60.7 Å². The van der Waals surface area contributed by atoms with Crippen LogP contribution in [0.5, 0.6) is 0 Å². The standard InChI is InChI=1S/C26H26Cl2N2O2/c1-18(26(32)29-2)30(17-22-23(27)14-9-15-24(22)28)25(31)16-21(19-10-5-3-6-11-19)20-12-7-4-8-13-20/h3-15,18,21H,16-17H2,1-2H3,(H,29,32). The lowest BCUT2D eigenvalue weighted by molar-refractivity contribution is -0.140. The van der Waals surface area contributed by atoms with E-state index < -0.39 is 6.04 Å². The van der Waals surface area contributed by atoms with Crippen LogP contribution in [0.1, 0.15) is 36.0 Å². The summed E-state index contributed by atoms with van der Waals surface area (Å²) in [4.78, 5) is 27.7. The SMILES string of the molecule is CNC(=O)C(C)N(Cc1c(Cl)cccc1Cl)C(=O)CC(c1ccccc1)c1ccccc1. The lowest BCUT2D eigenvalue weighted by Crippen LogP contribution is -2.47. The molecule has 3 aromatic carbocycles. The third-order valence-corrected chi connectivity index (χ3v) is 6.29. The molecule has 0 aliphatic heterocycles. The Kier molecular flexibility index (Phi) is 8.32. The Labute approximate surface area is 199 Å². The van der Waals surface area contributed by atoms with Crippen LogP contribution in [-0.2, 0) is 16.1 Å². The number of nitrogens with zero attached hydrogens (tertiary/aromatic N) is 1. The molecule has 1 unspecified atom stereocenters. The minimum absolute atomic E-state index is 0.141. The Morgan fingerprint density at radius 2 is 1.34 bits per heavy atom. The van der Waals surface area contributed by atoms with Crippen LogP contribution in [0.3, 0.4) is 0 Å². The first-order chi connectivity index (χ1) is 15.4. The molecule has 0 heterocycles. The predicted octanol–water partition coefficient (Wildman–Crippen LogP) is 5.68. The molecule has 4 nitrogen and oxygen atoms in total. The van der Waals surface area contributed by atoms with Crippen LogP contribution >= 0.6 is 23.2 Å². The monoisotopic (exact) mass is 468 g/mol. The highest BCUT2D eigenvalue weighted by atomic mass is 35.5. The first-order valence-electron chi connectivity index (χ1n) is 10.5. The summed E-state index contributed by atoms with van der Waals surface area (Å²) in [7, 11) is 1.56. The van der Waals surface area contributed by atoms with Crippen LogP contribution in [0.15, 0.2) is 78.9 Å². The number of carbonyl (C=O) groups excluding carboxylic acids is 2. The summed E-state index contributed by atoms with van der Waals surface area (Å²) in [6.07, 6.45) is 0.206. The van der Waals surface area contributed by atoms with Crippen LogP contribution in [0.4, 0.5) is 0 Å². The summed E-state index contributed by atoms with van der Waals surface area (Å²) in [5, 5.41) is 3.55. The molecule has 0 spiro atoms. The average Bonchev–Trinajstić information content (AvgIpc) is 2.82. The summed E-state index contributed by atoms with van der Waals surface area (Å²) in [6, 6.07) is 24.3. The van der Waals surface area contributed by atoms with Gasteiger partial charge in [-0.2, -0.15) is 0 Å².